The fourth-order valence-electron chi connectivity index (χ4n) is 2.49. The van der Waals surface area contributed by atoms with E-state index in [4.69, 9.17) is 16.3 Å². The zero-order valence-corrected chi connectivity index (χ0v) is 13.5. The van der Waals surface area contributed by atoms with Crippen LogP contribution < -0.4 is 10.6 Å². The lowest BCUT2D eigenvalue weighted by Gasteiger charge is -2.35. The zero-order valence-electron chi connectivity index (χ0n) is 12.7. The monoisotopic (exact) mass is 311 g/mol. The molecule has 2 N–H and O–H groups in total. The number of amides is 1. The molecule has 1 aliphatic rings. The summed E-state index contributed by atoms with van der Waals surface area (Å²) < 4.78 is 5.65. The average molecular weight is 312 g/mol. The van der Waals surface area contributed by atoms with Gasteiger partial charge in [-0.25, -0.2) is 4.98 Å². The van der Waals surface area contributed by atoms with Crippen molar-refractivity contribution in [1.82, 2.24) is 10.3 Å². The largest absolute Gasteiger partial charge is 0.375 e. The number of hydrogen-bond acceptors (Lipinski definition) is 4. The van der Waals surface area contributed by atoms with E-state index >= 15 is 0 Å². The second kappa shape index (κ2) is 6.62. The molecule has 1 aromatic rings. The van der Waals surface area contributed by atoms with E-state index in [0.29, 0.717) is 17.4 Å². The van der Waals surface area contributed by atoms with Gasteiger partial charge in [-0.1, -0.05) is 11.6 Å². The Labute approximate surface area is 130 Å². The first-order valence-corrected chi connectivity index (χ1v) is 7.64. The second-order valence-corrected chi connectivity index (χ2v) is 6.24. The van der Waals surface area contributed by atoms with Crippen LogP contribution in [0.25, 0.3) is 0 Å². The summed E-state index contributed by atoms with van der Waals surface area (Å²) >= 11 is 6.09. The number of rotatable bonds is 4. The SMILES string of the molecule is CCNc1ccc(Cl)c(C(=O)NC2CCOC(C)(C)C2)n1. The molecule has 0 radical (unpaired) electrons. The lowest BCUT2D eigenvalue weighted by Crippen LogP contribution is -2.46. The van der Waals surface area contributed by atoms with E-state index < -0.39 is 0 Å². The highest BCUT2D eigenvalue weighted by molar-refractivity contribution is 6.33. The van der Waals surface area contributed by atoms with Gasteiger partial charge in [0.2, 0.25) is 0 Å². The maximum absolute atomic E-state index is 12.4. The number of carbonyl (C=O) groups is 1. The number of halogens is 1. The van der Waals surface area contributed by atoms with Gasteiger partial charge in [0, 0.05) is 19.2 Å². The summed E-state index contributed by atoms with van der Waals surface area (Å²) in [6, 6.07) is 3.54. The molecule has 0 aliphatic carbocycles. The molecule has 2 heterocycles. The summed E-state index contributed by atoms with van der Waals surface area (Å²) in [5, 5.41) is 6.45. The summed E-state index contributed by atoms with van der Waals surface area (Å²) in [5.74, 6) is 0.418. The minimum absolute atomic E-state index is 0.0851. The van der Waals surface area contributed by atoms with Crippen LogP contribution in [0.3, 0.4) is 0 Å². The maximum Gasteiger partial charge on any atom is 0.271 e. The van der Waals surface area contributed by atoms with Crippen molar-refractivity contribution < 1.29 is 9.53 Å². The molecule has 2 rings (SSSR count). The van der Waals surface area contributed by atoms with Crippen LogP contribution in [0, 0.1) is 0 Å². The van der Waals surface area contributed by atoms with Crippen LogP contribution in [0.15, 0.2) is 12.1 Å². The summed E-state index contributed by atoms with van der Waals surface area (Å²) in [6.45, 7) is 7.42. The molecule has 0 aromatic carbocycles. The van der Waals surface area contributed by atoms with Gasteiger partial charge < -0.3 is 15.4 Å². The van der Waals surface area contributed by atoms with Gasteiger partial charge in [0.15, 0.2) is 0 Å². The zero-order chi connectivity index (χ0) is 15.5. The molecule has 1 unspecified atom stereocenters. The highest BCUT2D eigenvalue weighted by Gasteiger charge is 2.30. The molecule has 0 bridgehead atoms. The first-order chi connectivity index (χ1) is 9.91. The van der Waals surface area contributed by atoms with E-state index in [1.165, 1.54) is 0 Å². The van der Waals surface area contributed by atoms with Crippen molar-refractivity contribution in [2.24, 2.45) is 0 Å². The third-order valence-corrected chi connectivity index (χ3v) is 3.76. The number of nitrogens with zero attached hydrogens (tertiary/aromatic N) is 1. The van der Waals surface area contributed by atoms with Gasteiger partial charge in [0.25, 0.3) is 5.91 Å². The predicted octanol–water partition coefficient (Wildman–Crippen LogP) is 2.85. The Morgan fingerprint density at radius 1 is 1.52 bits per heavy atom. The fourth-order valence-corrected chi connectivity index (χ4v) is 2.68. The normalized spacial score (nSPS) is 20.9. The van der Waals surface area contributed by atoms with Gasteiger partial charge in [-0.15, -0.1) is 0 Å². The van der Waals surface area contributed by atoms with E-state index in [-0.39, 0.29) is 23.2 Å². The van der Waals surface area contributed by atoms with Crippen molar-refractivity contribution in [3.8, 4) is 0 Å². The molecule has 1 saturated heterocycles. The molecule has 0 spiro atoms. The predicted molar refractivity (Wildman–Crippen MR) is 83.9 cm³/mol. The molecule has 5 nitrogen and oxygen atoms in total. The topological polar surface area (TPSA) is 63.2 Å². The summed E-state index contributed by atoms with van der Waals surface area (Å²) in [6.07, 6.45) is 1.59. The highest BCUT2D eigenvalue weighted by atomic mass is 35.5. The smallest absolute Gasteiger partial charge is 0.271 e. The number of anilines is 1. The number of aromatic nitrogens is 1. The maximum atomic E-state index is 12.4. The Morgan fingerprint density at radius 3 is 2.95 bits per heavy atom. The van der Waals surface area contributed by atoms with E-state index in [9.17, 15) is 4.79 Å². The summed E-state index contributed by atoms with van der Waals surface area (Å²) in [5.41, 5.74) is 0.0541. The lowest BCUT2D eigenvalue weighted by molar-refractivity contribution is -0.0615. The number of hydrogen-bond donors (Lipinski definition) is 2. The molecule has 1 aliphatic heterocycles. The summed E-state index contributed by atoms with van der Waals surface area (Å²) in [4.78, 5) is 16.7. The van der Waals surface area contributed by atoms with Crippen LogP contribution in [0.1, 0.15) is 44.1 Å². The third kappa shape index (κ3) is 4.32. The van der Waals surface area contributed by atoms with Crippen LogP contribution in [-0.2, 0) is 4.74 Å². The quantitative estimate of drug-likeness (QED) is 0.897. The number of nitrogens with one attached hydrogen (secondary N) is 2. The van der Waals surface area contributed by atoms with Crippen molar-refractivity contribution in [2.45, 2.75) is 45.3 Å². The van der Waals surface area contributed by atoms with Crippen LogP contribution in [-0.4, -0.2) is 35.7 Å². The Bertz CT molecular complexity index is 520. The van der Waals surface area contributed by atoms with Crippen molar-refractivity contribution in [1.29, 1.82) is 0 Å². The number of carbonyl (C=O) groups excluding carboxylic acids is 1. The fraction of sp³-hybridized carbons (Fsp3) is 0.600. The molecular formula is C15H22ClN3O2. The van der Waals surface area contributed by atoms with Crippen molar-refractivity contribution in [3.05, 3.63) is 22.8 Å². The first-order valence-electron chi connectivity index (χ1n) is 7.26. The van der Waals surface area contributed by atoms with Gasteiger partial charge in [-0.05, 0) is 45.7 Å². The molecule has 6 heteroatoms. The second-order valence-electron chi connectivity index (χ2n) is 5.83. The minimum atomic E-state index is -0.234. The van der Waals surface area contributed by atoms with Crippen LogP contribution in [0.2, 0.25) is 5.02 Å². The third-order valence-electron chi connectivity index (χ3n) is 3.45. The molecule has 1 aromatic heterocycles. The number of ether oxygens (including phenoxy) is 1. The van der Waals surface area contributed by atoms with Crippen molar-refractivity contribution >= 4 is 23.3 Å². The number of pyridine rings is 1. The molecule has 0 saturated carbocycles. The van der Waals surface area contributed by atoms with Gasteiger partial charge >= 0.3 is 0 Å². The minimum Gasteiger partial charge on any atom is -0.375 e. The molecule has 21 heavy (non-hydrogen) atoms. The van der Waals surface area contributed by atoms with E-state index in [2.05, 4.69) is 15.6 Å². The van der Waals surface area contributed by atoms with Crippen molar-refractivity contribution in [2.75, 3.05) is 18.5 Å². The lowest BCUT2D eigenvalue weighted by atomic mass is 9.94. The summed E-state index contributed by atoms with van der Waals surface area (Å²) in [7, 11) is 0. The Kier molecular flexibility index (Phi) is 5.06. The first kappa shape index (κ1) is 16.0. The van der Waals surface area contributed by atoms with Gasteiger partial charge in [0.1, 0.15) is 11.5 Å². The van der Waals surface area contributed by atoms with Gasteiger partial charge in [-0.3, -0.25) is 4.79 Å². The Morgan fingerprint density at radius 2 is 2.29 bits per heavy atom. The molecule has 116 valence electrons. The highest BCUT2D eigenvalue weighted by Crippen LogP contribution is 2.24. The van der Waals surface area contributed by atoms with E-state index in [1.54, 1.807) is 12.1 Å². The average Bonchev–Trinajstić information content (AvgIpc) is 2.40. The Hall–Kier alpha value is -1.33. The standard InChI is InChI=1S/C15H22ClN3O2/c1-4-17-12-6-5-11(16)13(19-12)14(20)18-10-7-8-21-15(2,3)9-10/h5-6,10H,4,7-9H2,1-3H3,(H,17,19)(H,18,20). The van der Waals surface area contributed by atoms with Gasteiger partial charge in [0.05, 0.1) is 10.6 Å². The van der Waals surface area contributed by atoms with E-state index in [0.717, 1.165) is 19.4 Å². The Balaban J connectivity index is 2.07. The van der Waals surface area contributed by atoms with Gasteiger partial charge in [-0.2, -0.15) is 0 Å². The van der Waals surface area contributed by atoms with E-state index in [1.807, 2.05) is 20.8 Å². The molecule has 1 fully saturated rings. The molecule has 1 amide bonds. The molecular weight excluding hydrogens is 290 g/mol. The van der Waals surface area contributed by atoms with Crippen LogP contribution in [0.5, 0.6) is 0 Å². The molecule has 1 atom stereocenters. The van der Waals surface area contributed by atoms with Crippen LogP contribution >= 0.6 is 11.6 Å². The van der Waals surface area contributed by atoms with Crippen LogP contribution in [0.4, 0.5) is 5.82 Å². The van der Waals surface area contributed by atoms with Crippen molar-refractivity contribution in [3.63, 3.8) is 0 Å².